The standard InChI is InChI=1S/C13H17ClN2O2/c14-10-2-1-3-12(8-10)18-11-4-6-16(7-5-11)13(17)9-15/h1-3,8,11H,4-7,9,15H2. The molecule has 1 amide bonds. The lowest BCUT2D eigenvalue weighted by molar-refractivity contribution is -0.131. The average Bonchev–Trinajstić information content (AvgIpc) is 2.39. The summed E-state index contributed by atoms with van der Waals surface area (Å²) in [6.07, 6.45) is 1.81. The normalized spacial score (nSPS) is 16.7. The summed E-state index contributed by atoms with van der Waals surface area (Å²) in [6.45, 7) is 1.50. The lowest BCUT2D eigenvalue weighted by atomic mass is 10.1. The van der Waals surface area contributed by atoms with Crippen molar-refractivity contribution in [1.29, 1.82) is 0 Å². The first-order valence-corrected chi connectivity index (χ1v) is 6.47. The van der Waals surface area contributed by atoms with Gasteiger partial charge in [0.15, 0.2) is 0 Å². The van der Waals surface area contributed by atoms with E-state index in [1.165, 1.54) is 0 Å². The van der Waals surface area contributed by atoms with Crippen LogP contribution in [-0.4, -0.2) is 36.5 Å². The molecule has 18 heavy (non-hydrogen) atoms. The second kappa shape index (κ2) is 6.07. The second-order valence-corrected chi connectivity index (χ2v) is 4.80. The van der Waals surface area contributed by atoms with Crippen LogP contribution in [0.25, 0.3) is 0 Å². The minimum Gasteiger partial charge on any atom is -0.490 e. The van der Waals surface area contributed by atoms with E-state index in [1.807, 2.05) is 18.2 Å². The lowest BCUT2D eigenvalue weighted by Crippen LogP contribution is -2.44. The molecule has 0 atom stereocenters. The number of benzene rings is 1. The molecule has 1 aliphatic rings. The number of rotatable bonds is 3. The monoisotopic (exact) mass is 268 g/mol. The Labute approximate surface area is 112 Å². The molecule has 1 aromatic carbocycles. The summed E-state index contributed by atoms with van der Waals surface area (Å²) in [5, 5.41) is 0.670. The van der Waals surface area contributed by atoms with Crippen molar-refractivity contribution in [2.75, 3.05) is 19.6 Å². The van der Waals surface area contributed by atoms with Crippen molar-refractivity contribution in [3.05, 3.63) is 29.3 Å². The molecular formula is C13H17ClN2O2. The van der Waals surface area contributed by atoms with E-state index in [-0.39, 0.29) is 18.6 Å². The molecule has 0 saturated carbocycles. The van der Waals surface area contributed by atoms with Crippen LogP contribution in [0.1, 0.15) is 12.8 Å². The molecule has 5 heteroatoms. The van der Waals surface area contributed by atoms with Gasteiger partial charge in [-0.1, -0.05) is 17.7 Å². The number of amides is 1. The summed E-state index contributed by atoms with van der Waals surface area (Å²) in [4.78, 5) is 13.2. The fourth-order valence-electron chi connectivity index (χ4n) is 2.08. The molecular weight excluding hydrogens is 252 g/mol. The first-order chi connectivity index (χ1) is 8.69. The zero-order chi connectivity index (χ0) is 13.0. The summed E-state index contributed by atoms with van der Waals surface area (Å²) in [5.74, 6) is 0.794. The topological polar surface area (TPSA) is 55.6 Å². The van der Waals surface area contributed by atoms with E-state index in [0.717, 1.165) is 18.6 Å². The number of halogens is 1. The number of nitrogens with zero attached hydrogens (tertiary/aromatic N) is 1. The van der Waals surface area contributed by atoms with Crippen molar-refractivity contribution >= 4 is 17.5 Å². The van der Waals surface area contributed by atoms with Gasteiger partial charge in [-0.2, -0.15) is 0 Å². The van der Waals surface area contributed by atoms with Gasteiger partial charge in [-0.25, -0.2) is 0 Å². The van der Waals surface area contributed by atoms with Crippen LogP contribution in [-0.2, 0) is 4.79 Å². The Morgan fingerprint density at radius 3 is 2.78 bits per heavy atom. The number of likely N-dealkylation sites (tertiary alicyclic amines) is 1. The number of ether oxygens (including phenoxy) is 1. The van der Waals surface area contributed by atoms with E-state index in [4.69, 9.17) is 22.1 Å². The first kappa shape index (κ1) is 13.2. The molecule has 98 valence electrons. The predicted molar refractivity (Wildman–Crippen MR) is 70.7 cm³/mol. The van der Waals surface area contributed by atoms with Crippen LogP contribution in [0.15, 0.2) is 24.3 Å². The van der Waals surface area contributed by atoms with Gasteiger partial charge in [-0.15, -0.1) is 0 Å². The third kappa shape index (κ3) is 3.37. The highest BCUT2D eigenvalue weighted by atomic mass is 35.5. The Balaban J connectivity index is 1.85. The molecule has 0 bridgehead atoms. The number of piperidine rings is 1. The van der Waals surface area contributed by atoms with Crippen LogP contribution < -0.4 is 10.5 Å². The maximum Gasteiger partial charge on any atom is 0.236 e. The summed E-state index contributed by atoms with van der Waals surface area (Å²) < 4.78 is 5.84. The van der Waals surface area contributed by atoms with Crippen LogP contribution in [0.2, 0.25) is 5.02 Å². The third-order valence-corrected chi connectivity index (χ3v) is 3.30. The maximum atomic E-state index is 11.4. The molecule has 1 saturated heterocycles. The molecule has 2 N–H and O–H groups in total. The highest BCUT2D eigenvalue weighted by molar-refractivity contribution is 6.30. The maximum absolute atomic E-state index is 11.4. The van der Waals surface area contributed by atoms with Crippen molar-refractivity contribution in [3.8, 4) is 5.75 Å². The van der Waals surface area contributed by atoms with Crippen LogP contribution in [0.4, 0.5) is 0 Å². The van der Waals surface area contributed by atoms with Gasteiger partial charge in [0, 0.05) is 31.0 Å². The van der Waals surface area contributed by atoms with Crippen molar-refractivity contribution in [1.82, 2.24) is 4.90 Å². The van der Waals surface area contributed by atoms with Gasteiger partial charge in [0.2, 0.25) is 5.91 Å². The second-order valence-electron chi connectivity index (χ2n) is 4.36. The summed E-state index contributed by atoms with van der Waals surface area (Å²) in [5.41, 5.74) is 5.34. The van der Waals surface area contributed by atoms with Crippen molar-refractivity contribution in [2.45, 2.75) is 18.9 Å². The molecule has 0 spiro atoms. The highest BCUT2D eigenvalue weighted by Gasteiger charge is 2.22. The van der Waals surface area contributed by atoms with E-state index in [0.29, 0.717) is 18.1 Å². The minimum absolute atomic E-state index is 0.0104. The van der Waals surface area contributed by atoms with Crippen molar-refractivity contribution < 1.29 is 9.53 Å². The molecule has 1 heterocycles. The van der Waals surface area contributed by atoms with Crippen LogP contribution >= 0.6 is 11.6 Å². The van der Waals surface area contributed by atoms with E-state index in [1.54, 1.807) is 11.0 Å². The Morgan fingerprint density at radius 2 is 2.17 bits per heavy atom. The number of carbonyl (C=O) groups excluding carboxylic acids is 1. The molecule has 0 aliphatic carbocycles. The van der Waals surface area contributed by atoms with Gasteiger partial charge >= 0.3 is 0 Å². The molecule has 1 aliphatic heterocycles. The third-order valence-electron chi connectivity index (χ3n) is 3.07. The molecule has 0 radical (unpaired) electrons. The largest absolute Gasteiger partial charge is 0.490 e. The summed E-state index contributed by atoms with van der Waals surface area (Å²) in [7, 11) is 0. The predicted octanol–water partition coefficient (Wildman–Crippen LogP) is 1.67. The summed E-state index contributed by atoms with van der Waals surface area (Å²) >= 11 is 5.90. The van der Waals surface area contributed by atoms with Gasteiger partial charge in [0.25, 0.3) is 0 Å². The van der Waals surface area contributed by atoms with Gasteiger partial charge in [0.05, 0.1) is 6.54 Å². The minimum atomic E-state index is 0.0104. The molecule has 0 aromatic heterocycles. The number of hydrogen-bond donors (Lipinski definition) is 1. The van der Waals surface area contributed by atoms with Gasteiger partial charge < -0.3 is 15.4 Å². The van der Waals surface area contributed by atoms with E-state index in [2.05, 4.69) is 0 Å². The first-order valence-electron chi connectivity index (χ1n) is 6.09. The highest BCUT2D eigenvalue weighted by Crippen LogP contribution is 2.22. The van der Waals surface area contributed by atoms with Gasteiger partial charge in [-0.05, 0) is 18.2 Å². The quantitative estimate of drug-likeness (QED) is 0.907. The fraction of sp³-hybridized carbons (Fsp3) is 0.462. The Kier molecular flexibility index (Phi) is 4.44. The van der Waals surface area contributed by atoms with Crippen LogP contribution in [0.3, 0.4) is 0 Å². The zero-order valence-corrected chi connectivity index (χ0v) is 10.9. The van der Waals surface area contributed by atoms with Crippen LogP contribution in [0.5, 0.6) is 5.75 Å². The van der Waals surface area contributed by atoms with Crippen LogP contribution in [0, 0.1) is 0 Å². The van der Waals surface area contributed by atoms with E-state index in [9.17, 15) is 4.79 Å². The smallest absolute Gasteiger partial charge is 0.236 e. The Hall–Kier alpha value is -1.26. The van der Waals surface area contributed by atoms with E-state index >= 15 is 0 Å². The molecule has 1 fully saturated rings. The van der Waals surface area contributed by atoms with Gasteiger partial charge in [-0.3, -0.25) is 4.79 Å². The van der Waals surface area contributed by atoms with Crippen molar-refractivity contribution in [3.63, 3.8) is 0 Å². The molecule has 2 rings (SSSR count). The lowest BCUT2D eigenvalue weighted by Gasteiger charge is -2.32. The fourth-order valence-corrected chi connectivity index (χ4v) is 2.27. The Bertz CT molecular complexity index is 417. The molecule has 4 nitrogen and oxygen atoms in total. The van der Waals surface area contributed by atoms with Gasteiger partial charge in [0.1, 0.15) is 11.9 Å². The molecule has 1 aromatic rings. The van der Waals surface area contributed by atoms with E-state index < -0.39 is 0 Å². The average molecular weight is 269 g/mol. The SMILES string of the molecule is NCC(=O)N1CCC(Oc2cccc(Cl)c2)CC1. The number of hydrogen-bond acceptors (Lipinski definition) is 3. The zero-order valence-electron chi connectivity index (χ0n) is 10.1. The summed E-state index contributed by atoms with van der Waals surface area (Å²) in [6, 6.07) is 7.38. The van der Waals surface area contributed by atoms with Crippen molar-refractivity contribution in [2.24, 2.45) is 5.73 Å². The molecule has 0 unspecified atom stereocenters. The Morgan fingerprint density at radius 1 is 1.44 bits per heavy atom. The number of carbonyl (C=O) groups is 1. The number of nitrogens with two attached hydrogens (primary N) is 1.